The van der Waals surface area contributed by atoms with Crippen LogP contribution in [0.5, 0.6) is 0 Å². The van der Waals surface area contributed by atoms with E-state index in [1.54, 1.807) is 0 Å². The number of aliphatic hydroxyl groups excluding tert-OH is 2. The Morgan fingerprint density at radius 2 is 2.05 bits per heavy atom. The van der Waals surface area contributed by atoms with Crippen LogP contribution in [0.4, 0.5) is 0 Å². The first-order chi connectivity index (χ1) is 9.56. The maximum Gasteiger partial charge on any atom is 0.330 e. The van der Waals surface area contributed by atoms with Gasteiger partial charge in [0, 0.05) is 6.08 Å². The van der Waals surface area contributed by atoms with E-state index in [1.807, 2.05) is 6.92 Å². The Morgan fingerprint density at radius 1 is 1.25 bits per heavy atom. The van der Waals surface area contributed by atoms with E-state index in [1.165, 1.54) is 12.2 Å². The van der Waals surface area contributed by atoms with Crippen molar-refractivity contribution in [3.05, 3.63) is 24.3 Å². The van der Waals surface area contributed by atoms with Crippen LogP contribution in [0, 0.1) is 11.8 Å². The zero-order valence-electron chi connectivity index (χ0n) is 11.9. The molecule has 20 heavy (non-hydrogen) atoms. The van der Waals surface area contributed by atoms with Crippen molar-refractivity contribution >= 4 is 5.97 Å². The van der Waals surface area contributed by atoms with E-state index in [0.29, 0.717) is 12.8 Å². The molecule has 1 aliphatic carbocycles. The van der Waals surface area contributed by atoms with Crippen molar-refractivity contribution in [3.8, 4) is 0 Å². The maximum atomic E-state index is 11.6. The lowest BCUT2D eigenvalue weighted by atomic mass is 9.90. The van der Waals surface area contributed by atoms with Crippen molar-refractivity contribution in [2.24, 2.45) is 11.8 Å². The first-order valence-electron chi connectivity index (χ1n) is 7.48. The zero-order valence-corrected chi connectivity index (χ0v) is 11.9. The lowest BCUT2D eigenvalue weighted by molar-refractivity contribution is -0.142. The Labute approximate surface area is 120 Å². The van der Waals surface area contributed by atoms with Gasteiger partial charge < -0.3 is 14.9 Å². The van der Waals surface area contributed by atoms with Crippen molar-refractivity contribution in [2.45, 2.75) is 57.3 Å². The molecule has 4 heteroatoms. The average molecular weight is 280 g/mol. The SMILES string of the molecule is C[C@H]1CCC/C=C/C2C[C@H](O)C[C@H]2[C@H](O)C=CC(=O)O1. The average Bonchev–Trinajstić information content (AvgIpc) is 2.76. The number of hydrogen-bond acceptors (Lipinski definition) is 4. The van der Waals surface area contributed by atoms with Crippen molar-refractivity contribution in [1.82, 2.24) is 0 Å². The summed E-state index contributed by atoms with van der Waals surface area (Å²) < 4.78 is 5.23. The number of hydrogen-bond donors (Lipinski definition) is 2. The molecule has 0 saturated heterocycles. The first kappa shape index (κ1) is 15.3. The van der Waals surface area contributed by atoms with Gasteiger partial charge in [0.1, 0.15) is 0 Å². The van der Waals surface area contributed by atoms with Gasteiger partial charge in [0.2, 0.25) is 0 Å². The lowest BCUT2D eigenvalue weighted by Crippen LogP contribution is -2.21. The molecular weight excluding hydrogens is 256 g/mol. The third kappa shape index (κ3) is 4.18. The molecule has 0 spiro atoms. The Kier molecular flexibility index (Phi) is 5.38. The van der Waals surface area contributed by atoms with Crippen molar-refractivity contribution < 1.29 is 19.7 Å². The molecule has 1 saturated carbocycles. The lowest BCUT2D eigenvalue weighted by Gasteiger charge is -2.19. The molecule has 2 N–H and O–H groups in total. The fourth-order valence-corrected chi connectivity index (χ4v) is 3.10. The summed E-state index contributed by atoms with van der Waals surface area (Å²) in [6, 6.07) is 0. The third-order valence-corrected chi connectivity index (χ3v) is 4.19. The standard InChI is InChI=1S/C16H24O4/c1-11-5-3-2-4-6-12-9-13(17)10-14(12)15(18)7-8-16(19)20-11/h4,6-8,11-15,17-18H,2-3,5,9-10H2,1H3/b6-4+,8-7?/t11-,12?,13-,14+,15+/m0/s1. The van der Waals surface area contributed by atoms with Gasteiger partial charge in [-0.25, -0.2) is 4.79 Å². The fourth-order valence-electron chi connectivity index (χ4n) is 3.10. The van der Waals surface area contributed by atoms with Crippen LogP contribution in [0.1, 0.15) is 39.0 Å². The second-order valence-electron chi connectivity index (χ2n) is 5.91. The molecule has 1 heterocycles. The second-order valence-corrected chi connectivity index (χ2v) is 5.91. The molecule has 2 rings (SSSR count). The number of carbonyl (C=O) groups excluding carboxylic acids is 1. The highest BCUT2D eigenvalue weighted by Crippen LogP contribution is 2.36. The van der Waals surface area contributed by atoms with Gasteiger partial charge >= 0.3 is 5.97 Å². The van der Waals surface area contributed by atoms with Crippen LogP contribution in [0.2, 0.25) is 0 Å². The van der Waals surface area contributed by atoms with Crippen LogP contribution < -0.4 is 0 Å². The molecule has 112 valence electrons. The second kappa shape index (κ2) is 7.04. The van der Waals surface area contributed by atoms with E-state index in [2.05, 4.69) is 12.2 Å². The zero-order chi connectivity index (χ0) is 14.5. The van der Waals surface area contributed by atoms with E-state index < -0.39 is 12.1 Å². The summed E-state index contributed by atoms with van der Waals surface area (Å²) >= 11 is 0. The molecular formula is C16H24O4. The minimum Gasteiger partial charge on any atom is -0.460 e. The van der Waals surface area contributed by atoms with E-state index in [-0.39, 0.29) is 24.0 Å². The van der Waals surface area contributed by atoms with Gasteiger partial charge in [-0.2, -0.15) is 0 Å². The van der Waals surface area contributed by atoms with Gasteiger partial charge in [-0.05, 0) is 56.9 Å². The van der Waals surface area contributed by atoms with E-state index in [4.69, 9.17) is 4.74 Å². The van der Waals surface area contributed by atoms with Gasteiger partial charge in [0.25, 0.3) is 0 Å². The molecule has 4 nitrogen and oxygen atoms in total. The van der Waals surface area contributed by atoms with Crippen molar-refractivity contribution in [1.29, 1.82) is 0 Å². The quantitative estimate of drug-likeness (QED) is 0.526. The number of ether oxygens (including phenoxy) is 1. The number of allylic oxidation sites excluding steroid dienone is 2. The Balaban J connectivity index is 2.11. The highest BCUT2D eigenvalue weighted by molar-refractivity contribution is 5.82. The summed E-state index contributed by atoms with van der Waals surface area (Å²) in [6.07, 6.45) is 9.87. The van der Waals surface area contributed by atoms with Gasteiger partial charge in [-0.15, -0.1) is 0 Å². The first-order valence-corrected chi connectivity index (χ1v) is 7.48. The summed E-state index contributed by atoms with van der Waals surface area (Å²) in [6.45, 7) is 1.89. The summed E-state index contributed by atoms with van der Waals surface area (Å²) in [5.74, 6) is -0.249. The molecule has 2 aliphatic rings. The van der Waals surface area contributed by atoms with Gasteiger partial charge in [0.05, 0.1) is 18.3 Å². The number of esters is 1. The number of aliphatic hydroxyl groups is 2. The van der Waals surface area contributed by atoms with Crippen LogP contribution in [-0.4, -0.2) is 34.5 Å². The van der Waals surface area contributed by atoms with Crippen LogP contribution in [0.3, 0.4) is 0 Å². The van der Waals surface area contributed by atoms with E-state index >= 15 is 0 Å². The molecule has 0 aromatic rings. The molecule has 0 radical (unpaired) electrons. The van der Waals surface area contributed by atoms with Crippen LogP contribution >= 0.6 is 0 Å². The van der Waals surface area contributed by atoms with Crippen LogP contribution in [-0.2, 0) is 9.53 Å². The third-order valence-electron chi connectivity index (χ3n) is 4.19. The Hall–Kier alpha value is -1.13. The highest BCUT2D eigenvalue weighted by Gasteiger charge is 2.35. The number of carbonyl (C=O) groups is 1. The van der Waals surface area contributed by atoms with Crippen molar-refractivity contribution in [2.75, 3.05) is 0 Å². The predicted octanol–water partition coefficient (Wildman–Crippen LogP) is 1.96. The molecule has 1 fully saturated rings. The predicted molar refractivity (Wildman–Crippen MR) is 75.9 cm³/mol. The Bertz CT molecular complexity index is 388. The summed E-state index contributed by atoms with van der Waals surface area (Å²) in [7, 11) is 0. The summed E-state index contributed by atoms with van der Waals surface area (Å²) in [5, 5.41) is 20.0. The molecule has 0 aromatic carbocycles. The van der Waals surface area contributed by atoms with Gasteiger partial charge in [0.15, 0.2) is 0 Å². The van der Waals surface area contributed by atoms with Gasteiger partial charge in [-0.1, -0.05) is 12.2 Å². The van der Waals surface area contributed by atoms with E-state index in [9.17, 15) is 15.0 Å². The summed E-state index contributed by atoms with van der Waals surface area (Å²) in [5.41, 5.74) is 0. The molecule has 1 unspecified atom stereocenters. The van der Waals surface area contributed by atoms with Crippen LogP contribution in [0.15, 0.2) is 24.3 Å². The van der Waals surface area contributed by atoms with E-state index in [0.717, 1.165) is 19.3 Å². The molecule has 0 aromatic heterocycles. The monoisotopic (exact) mass is 280 g/mol. The summed E-state index contributed by atoms with van der Waals surface area (Å²) in [4.78, 5) is 11.6. The van der Waals surface area contributed by atoms with Crippen molar-refractivity contribution in [3.63, 3.8) is 0 Å². The van der Waals surface area contributed by atoms with Crippen LogP contribution in [0.25, 0.3) is 0 Å². The number of fused-ring (bicyclic) bond motifs is 1. The smallest absolute Gasteiger partial charge is 0.330 e. The maximum absolute atomic E-state index is 11.6. The Morgan fingerprint density at radius 3 is 2.85 bits per heavy atom. The van der Waals surface area contributed by atoms with Gasteiger partial charge in [-0.3, -0.25) is 0 Å². The highest BCUT2D eigenvalue weighted by atomic mass is 16.5. The largest absolute Gasteiger partial charge is 0.460 e. The fraction of sp³-hybridized carbons (Fsp3) is 0.688. The molecule has 0 bridgehead atoms. The molecule has 0 amide bonds. The normalized spacial score (nSPS) is 41.0. The number of cyclic esters (lactones) is 1. The number of rotatable bonds is 0. The minimum absolute atomic E-state index is 0.0246. The minimum atomic E-state index is -0.717. The molecule has 1 aliphatic heterocycles. The topological polar surface area (TPSA) is 66.8 Å². The molecule has 5 atom stereocenters.